The number of nitrogens with zero attached hydrogens (tertiary/aromatic N) is 4. The molecule has 12 heteroatoms. The van der Waals surface area contributed by atoms with Crippen molar-refractivity contribution in [2.24, 2.45) is 0 Å². The molecule has 4 unspecified atom stereocenters. The van der Waals surface area contributed by atoms with Crippen LogP contribution >= 0.6 is 0 Å². The predicted octanol–water partition coefficient (Wildman–Crippen LogP) is -0.937. The molecule has 4 fully saturated rings. The van der Waals surface area contributed by atoms with Gasteiger partial charge in [0, 0.05) is 52.4 Å². The van der Waals surface area contributed by atoms with Crippen LogP contribution in [0.5, 0.6) is 0 Å². The minimum atomic E-state index is -0.239. The van der Waals surface area contributed by atoms with Gasteiger partial charge in [-0.15, -0.1) is 0 Å². The fourth-order valence-electron chi connectivity index (χ4n) is 4.78. The number of hydrogen-bond donors (Lipinski definition) is 4. The third-order valence-electron chi connectivity index (χ3n) is 6.53. The number of ether oxygens (including phenoxy) is 4. The quantitative estimate of drug-likeness (QED) is 0.437. The van der Waals surface area contributed by atoms with Crippen molar-refractivity contribution >= 4 is 11.0 Å². The normalized spacial score (nSPS) is 30.9. The molecule has 0 aromatic carbocycles. The van der Waals surface area contributed by atoms with E-state index in [1.54, 1.807) is 0 Å². The van der Waals surface area contributed by atoms with Crippen LogP contribution in [0.15, 0.2) is 0 Å². The van der Waals surface area contributed by atoms with Gasteiger partial charge < -0.3 is 40.2 Å². The Morgan fingerprint density at radius 2 is 0.824 bits per heavy atom. The lowest BCUT2D eigenvalue weighted by molar-refractivity contribution is 0.0145. The van der Waals surface area contributed by atoms with E-state index in [4.69, 9.17) is 38.9 Å². The summed E-state index contributed by atoms with van der Waals surface area (Å²) in [6.07, 6.45) is -0.948. The van der Waals surface area contributed by atoms with E-state index in [1.807, 2.05) is 0 Å². The largest absolute Gasteiger partial charge is 0.369 e. The average molecular weight is 473 g/mol. The van der Waals surface area contributed by atoms with E-state index in [-0.39, 0.29) is 24.4 Å². The molecule has 34 heavy (non-hydrogen) atoms. The average Bonchev–Trinajstić information content (AvgIpc) is 2.94. The van der Waals surface area contributed by atoms with Crippen molar-refractivity contribution < 1.29 is 18.9 Å². The number of fused-ring (bicyclic) bond motifs is 1. The van der Waals surface area contributed by atoms with Crippen LogP contribution in [0.2, 0.25) is 0 Å². The first kappa shape index (κ1) is 22.6. The lowest BCUT2D eigenvalue weighted by Crippen LogP contribution is -2.37. The second-order valence-corrected chi connectivity index (χ2v) is 8.89. The number of nitrogens with one attached hydrogen (secondary N) is 4. The Bertz CT molecular complexity index is 907. The van der Waals surface area contributed by atoms with E-state index >= 15 is 0 Å². The summed E-state index contributed by atoms with van der Waals surface area (Å²) in [7, 11) is 0. The Balaban J connectivity index is 1.52. The Hall–Kier alpha value is -1.90. The number of rotatable bonds is 4. The summed E-state index contributed by atoms with van der Waals surface area (Å²) in [5.41, 5.74) is 2.92. The van der Waals surface area contributed by atoms with E-state index in [9.17, 15) is 0 Å². The molecular weight excluding hydrogens is 440 g/mol. The van der Waals surface area contributed by atoms with Gasteiger partial charge >= 0.3 is 0 Å². The highest BCUT2D eigenvalue weighted by atomic mass is 16.5. The van der Waals surface area contributed by atoms with Crippen LogP contribution in [0.3, 0.4) is 0 Å². The Morgan fingerprint density at radius 3 is 1.15 bits per heavy atom. The summed E-state index contributed by atoms with van der Waals surface area (Å²) in [5.74, 6) is 1.25. The molecule has 0 spiro atoms. The molecule has 4 N–H and O–H groups in total. The molecular formula is C22H32N8O4. The van der Waals surface area contributed by atoms with Gasteiger partial charge in [0.25, 0.3) is 0 Å². The van der Waals surface area contributed by atoms with Crippen molar-refractivity contribution in [1.29, 1.82) is 0 Å². The van der Waals surface area contributed by atoms with Crippen molar-refractivity contribution in [2.75, 3.05) is 78.8 Å². The van der Waals surface area contributed by atoms with Gasteiger partial charge in [-0.25, -0.2) is 19.9 Å². The van der Waals surface area contributed by atoms with Crippen molar-refractivity contribution in [3.8, 4) is 0 Å². The van der Waals surface area contributed by atoms with Gasteiger partial charge in [-0.1, -0.05) is 0 Å². The first-order chi connectivity index (χ1) is 16.9. The zero-order valence-electron chi connectivity index (χ0n) is 19.2. The summed E-state index contributed by atoms with van der Waals surface area (Å²) < 4.78 is 24.3. The molecule has 12 nitrogen and oxygen atoms in total. The number of morpholine rings is 4. The van der Waals surface area contributed by atoms with Crippen LogP contribution < -0.4 is 21.3 Å². The third kappa shape index (κ3) is 4.64. The minimum absolute atomic E-state index is 0.235. The van der Waals surface area contributed by atoms with Crippen LogP contribution in [-0.2, 0) is 18.9 Å². The number of hydrogen-bond acceptors (Lipinski definition) is 12. The van der Waals surface area contributed by atoms with Gasteiger partial charge in [-0.05, 0) is 0 Å². The Morgan fingerprint density at radius 1 is 0.471 bits per heavy atom. The highest BCUT2D eigenvalue weighted by Gasteiger charge is 2.31. The summed E-state index contributed by atoms with van der Waals surface area (Å²) in [4.78, 5) is 19.9. The molecule has 6 heterocycles. The third-order valence-corrected chi connectivity index (χ3v) is 6.53. The maximum absolute atomic E-state index is 6.13. The van der Waals surface area contributed by atoms with Crippen LogP contribution in [0.25, 0.3) is 11.0 Å². The molecule has 6 rings (SSSR count). The molecule has 2 aromatic heterocycles. The molecule has 4 saturated heterocycles. The van der Waals surface area contributed by atoms with E-state index < -0.39 is 0 Å². The second-order valence-electron chi connectivity index (χ2n) is 8.89. The van der Waals surface area contributed by atoms with Gasteiger partial charge in [-0.3, -0.25) is 0 Å². The van der Waals surface area contributed by atoms with Gasteiger partial charge in [-0.2, -0.15) is 0 Å². The standard InChI is InChI=1S/C22H32N8O4/c1-5-31-13(9-23-1)17-19-20(30-21(27-17)15-11-25-3-7-33-15)18(14-10-24-2-6-32-14)28-22(29-19)16-12-26-4-8-34-16/h13-16,23-26H,1-12H2. The monoisotopic (exact) mass is 472 g/mol. The van der Waals surface area contributed by atoms with E-state index in [0.29, 0.717) is 75.3 Å². The first-order valence-corrected chi connectivity index (χ1v) is 12.3. The van der Waals surface area contributed by atoms with Crippen molar-refractivity contribution in [1.82, 2.24) is 41.2 Å². The molecule has 0 amide bonds. The first-order valence-electron chi connectivity index (χ1n) is 12.3. The highest BCUT2D eigenvalue weighted by Crippen LogP contribution is 2.32. The zero-order chi connectivity index (χ0) is 22.7. The van der Waals surface area contributed by atoms with Crippen LogP contribution in [0, 0.1) is 0 Å². The topological polar surface area (TPSA) is 137 Å². The molecule has 0 saturated carbocycles. The SMILES string of the molecule is C1COC(c2nc(C3CNCCO3)c3nc(C4CNCCO4)nc(C4CNCCO4)c3n2)CN1. The van der Waals surface area contributed by atoms with Gasteiger partial charge in [0.15, 0.2) is 11.6 Å². The highest BCUT2D eigenvalue weighted by molar-refractivity contribution is 5.80. The smallest absolute Gasteiger partial charge is 0.159 e. The molecule has 0 radical (unpaired) electrons. The van der Waals surface area contributed by atoms with E-state index in [2.05, 4.69) is 21.3 Å². The molecule has 4 atom stereocenters. The van der Waals surface area contributed by atoms with Crippen molar-refractivity contribution in [3.63, 3.8) is 0 Å². The van der Waals surface area contributed by atoms with Gasteiger partial charge in [0.2, 0.25) is 0 Å². The van der Waals surface area contributed by atoms with Crippen LogP contribution in [0.4, 0.5) is 0 Å². The Kier molecular flexibility index (Phi) is 6.89. The summed E-state index contributed by atoms with van der Waals surface area (Å²) in [6, 6.07) is 0. The molecule has 2 aromatic rings. The minimum Gasteiger partial charge on any atom is -0.369 e. The lowest BCUT2D eigenvalue weighted by Gasteiger charge is -2.29. The lowest BCUT2D eigenvalue weighted by atomic mass is 10.1. The van der Waals surface area contributed by atoms with Crippen molar-refractivity contribution in [2.45, 2.75) is 24.4 Å². The van der Waals surface area contributed by atoms with Gasteiger partial charge in [0.1, 0.15) is 46.8 Å². The number of aromatic nitrogens is 4. The molecule has 4 aliphatic heterocycles. The molecule has 0 bridgehead atoms. The van der Waals surface area contributed by atoms with Crippen molar-refractivity contribution in [3.05, 3.63) is 23.0 Å². The summed E-state index contributed by atoms with van der Waals surface area (Å²) >= 11 is 0. The maximum Gasteiger partial charge on any atom is 0.159 e. The molecule has 0 aliphatic carbocycles. The van der Waals surface area contributed by atoms with Crippen LogP contribution in [0.1, 0.15) is 47.5 Å². The predicted molar refractivity (Wildman–Crippen MR) is 121 cm³/mol. The van der Waals surface area contributed by atoms with E-state index in [0.717, 1.165) is 37.6 Å². The maximum atomic E-state index is 6.13. The van der Waals surface area contributed by atoms with Gasteiger partial charge in [0.05, 0.1) is 26.4 Å². The molecule has 4 aliphatic rings. The zero-order valence-corrected chi connectivity index (χ0v) is 19.2. The van der Waals surface area contributed by atoms with Crippen LogP contribution in [-0.4, -0.2) is 98.7 Å². The second kappa shape index (κ2) is 10.4. The summed E-state index contributed by atoms with van der Waals surface area (Å²) in [5, 5.41) is 13.6. The Labute approximate surface area is 197 Å². The fourth-order valence-corrected chi connectivity index (χ4v) is 4.78. The molecule has 184 valence electrons. The summed E-state index contributed by atoms with van der Waals surface area (Å²) in [6.45, 7) is 8.37. The fraction of sp³-hybridized carbons (Fsp3) is 0.727. The van der Waals surface area contributed by atoms with E-state index in [1.165, 1.54) is 0 Å².